The second-order valence-corrected chi connectivity index (χ2v) is 8.43. The number of benzene rings is 1. The zero-order valence-corrected chi connectivity index (χ0v) is 19.6. The standard InChI is InChI=1S/C20H29ClN4O2.2ClH.H2O/c1-27-18-11-16(22)15(21)10-14(18)20(26)23-19-13-4-8-25(9-5-13)17(19)12-24-6-2-3-7-24;;;/h10-11,13,17,19H,2-9,12,22H2,1H3,(H,23,26);2*1H;1H2. The molecule has 0 radical (unpaired) electrons. The number of anilines is 1. The number of hydrogen-bond acceptors (Lipinski definition) is 5. The summed E-state index contributed by atoms with van der Waals surface area (Å²) in [4.78, 5) is 18.2. The van der Waals surface area contributed by atoms with Crippen molar-refractivity contribution >= 4 is 48.0 Å². The first-order valence-corrected chi connectivity index (χ1v) is 10.3. The van der Waals surface area contributed by atoms with Crippen LogP contribution < -0.4 is 15.8 Å². The molecule has 10 heteroatoms. The molecule has 5 N–H and O–H groups in total. The van der Waals surface area contributed by atoms with Crippen molar-refractivity contribution in [1.82, 2.24) is 15.1 Å². The number of amides is 1. The molecule has 1 aromatic carbocycles. The topological polar surface area (TPSA) is 102 Å². The van der Waals surface area contributed by atoms with Gasteiger partial charge < -0.3 is 26.2 Å². The first-order valence-electron chi connectivity index (χ1n) is 9.97. The number of piperidine rings is 3. The van der Waals surface area contributed by atoms with E-state index >= 15 is 0 Å². The Bertz CT molecular complexity index is 711. The summed E-state index contributed by atoms with van der Waals surface area (Å²) in [6, 6.07) is 3.79. The van der Waals surface area contributed by atoms with E-state index in [-0.39, 0.29) is 42.2 Å². The average Bonchev–Trinajstić information content (AvgIpc) is 3.19. The van der Waals surface area contributed by atoms with Gasteiger partial charge in [0.2, 0.25) is 0 Å². The van der Waals surface area contributed by atoms with Gasteiger partial charge in [0.25, 0.3) is 5.91 Å². The number of nitrogens with two attached hydrogens (primary N) is 1. The van der Waals surface area contributed by atoms with E-state index in [1.807, 2.05) is 0 Å². The highest BCUT2D eigenvalue weighted by Gasteiger charge is 2.43. The zero-order chi connectivity index (χ0) is 19.0. The number of carbonyl (C=O) groups excluding carboxylic acids is 1. The maximum Gasteiger partial charge on any atom is 0.255 e. The fourth-order valence-electron chi connectivity index (χ4n) is 4.97. The summed E-state index contributed by atoms with van der Waals surface area (Å²) in [5.74, 6) is 0.882. The number of likely N-dealkylation sites (tertiary alicyclic amines) is 1. The Hall–Kier alpha value is -0.960. The molecule has 172 valence electrons. The third-order valence-electron chi connectivity index (χ3n) is 6.47. The van der Waals surface area contributed by atoms with Gasteiger partial charge in [0, 0.05) is 24.7 Å². The summed E-state index contributed by atoms with van der Waals surface area (Å²) in [6.07, 6.45) is 4.88. The molecule has 2 atom stereocenters. The fourth-order valence-corrected chi connectivity index (χ4v) is 5.13. The minimum atomic E-state index is -0.126. The summed E-state index contributed by atoms with van der Waals surface area (Å²) in [5.41, 5.74) is 6.72. The number of rotatable bonds is 5. The van der Waals surface area contributed by atoms with Gasteiger partial charge in [-0.05, 0) is 63.8 Å². The number of nitrogens with zero attached hydrogens (tertiary/aromatic N) is 2. The van der Waals surface area contributed by atoms with Crippen molar-refractivity contribution in [3.05, 3.63) is 22.7 Å². The van der Waals surface area contributed by atoms with Crippen LogP contribution in [-0.2, 0) is 0 Å². The monoisotopic (exact) mass is 482 g/mol. The molecule has 2 unspecified atom stereocenters. The second kappa shape index (κ2) is 11.6. The van der Waals surface area contributed by atoms with Crippen LogP contribution in [0.3, 0.4) is 0 Å². The van der Waals surface area contributed by atoms with E-state index < -0.39 is 0 Å². The number of nitrogen functional groups attached to an aromatic ring is 1. The van der Waals surface area contributed by atoms with E-state index in [2.05, 4.69) is 15.1 Å². The van der Waals surface area contributed by atoms with Crippen LogP contribution in [0.25, 0.3) is 0 Å². The maximum absolute atomic E-state index is 13.1. The number of carbonyl (C=O) groups is 1. The summed E-state index contributed by atoms with van der Waals surface area (Å²) < 4.78 is 5.37. The number of hydrogen-bond donors (Lipinski definition) is 2. The lowest BCUT2D eigenvalue weighted by atomic mass is 9.78. The third kappa shape index (κ3) is 5.44. The van der Waals surface area contributed by atoms with Gasteiger partial charge in [-0.3, -0.25) is 9.69 Å². The summed E-state index contributed by atoms with van der Waals surface area (Å²) in [7, 11) is 1.55. The van der Waals surface area contributed by atoms with Crippen molar-refractivity contribution in [3.8, 4) is 5.75 Å². The number of nitrogens with one attached hydrogen (secondary N) is 1. The van der Waals surface area contributed by atoms with Crippen LogP contribution in [0.1, 0.15) is 36.0 Å². The molecule has 30 heavy (non-hydrogen) atoms. The normalized spacial score (nSPS) is 27.4. The lowest BCUT2D eigenvalue weighted by Gasteiger charge is -2.52. The molecule has 4 heterocycles. The Morgan fingerprint density at radius 3 is 2.43 bits per heavy atom. The molecule has 0 saturated carbocycles. The van der Waals surface area contributed by atoms with E-state index in [0.29, 0.717) is 34.0 Å². The zero-order valence-electron chi connectivity index (χ0n) is 17.2. The van der Waals surface area contributed by atoms with Gasteiger partial charge in [-0.15, -0.1) is 24.8 Å². The summed E-state index contributed by atoms with van der Waals surface area (Å²) >= 11 is 6.16. The van der Waals surface area contributed by atoms with Crippen molar-refractivity contribution in [3.63, 3.8) is 0 Å². The predicted molar refractivity (Wildman–Crippen MR) is 126 cm³/mol. The van der Waals surface area contributed by atoms with Crippen molar-refractivity contribution < 1.29 is 15.0 Å². The third-order valence-corrected chi connectivity index (χ3v) is 6.80. The Morgan fingerprint density at radius 1 is 1.20 bits per heavy atom. The largest absolute Gasteiger partial charge is 0.496 e. The predicted octanol–water partition coefficient (Wildman–Crippen LogP) is 2.24. The molecular formula is C20H33Cl3N4O3. The van der Waals surface area contributed by atoms with Crippen molar-refractivity contribution in [2.75, 3.05) is 45.6 Å². The number of fused-ring (bicyclic) bond motifs is 3. The highest BCUT2D eigenvalue weighted by molar-refractivity contribution is 6.33. The molecule has 4 aliphatic heterocycles. The Morgan fingerprint density at radius 2 is 1.83 bits per heavy atom. The molecule has 4 fully saturated rings. The minimum absolute atomic E-state index is 0. The Labute approximate surface area is 195 Å². The molecule has 4 aliphatic rings. The SMILES string of the molecule is COc1cc(N)c(Cl)cc1C(=O)NC1C2CCN(CC2)C1CN1CCCC1.Cl.Cl.O. The molecule has 0 spiro atoms. The van der Waals surface area contributed by atoms with E-state index in [9.17, 15) is 4.79 Å². The van der Waals surface area contributed by atoms with Crippen molar-refractivity contribution in [2.45, 2.75) is 37.8 Å². The molecule has 5 rings (SSSR count). The quantitative estimate of drug-likeness (QED) is 0.625. The molecule has 0 aromatic heterocycles. The van der Waals surface area contributed by atoms with Gasteiger partial charge in [-0.2, -0.15) is 0 Å². The number of halogens is 3. The van der Waals surface area contributed by atoms with Crippen LogP contribution in [0.5, 0.6) is 5.75 Å². The van der Waals surface area contributed by atoms with Crippen LogP contribution in [-0.4, -0.2) is 73.1 Å². The Kier molecular flexibility index (Phi) is 10.5. The number of ether oxygens (including phenoxy) is 1. The smallest absolute Gasteiger partial charge is 0.255 e. The van der Waals surface area contributed by atoms with Crippen LogP contribution in [0, 0.1) is 5.92 Å². The molecule has 1 amide bonds. The highest BCUT2D eigenvalue weighted by Crippen LogP contribution is 2.34. The maximum atomic E-state index is 13.1. The molecule has 2 bridgehead atoms. The van der Waals surface area contributed by atoms with E-state index in [1.165, 1.54) is 25.9 Å². The fraction of sp³-hybridized carbons (Fsp3) is 0.650. The van der Waals surface area contributed by atoms with Crippen molar-refractivity contribution in [2.24, 2.45) is 5.92 Å². The lowest BCUT2D eigenvalue weighted by Crippen LogP contribution is -2.66. The Balaban J connectivity index is 0.00000150. The van der Waals surface area contributed by atoms with Crippen LogP contribution in [0.4, 0.5) is 5.69 Å². The summed E-state index contributed by atoms with van der Waals surface area (Å²) in [5, 5.41) is 3.70. The molecule has 7 nitrogen and oxygen atoms in total. The van der Waals surface area contributed by atoms with Gasteiger partial charge in [0.15, 0.2) is 0 Å². The van der Waals surface area contributed by atoms with Crippen molar-refractivity contribution in [1.29, 1.82) is 0 Å². The molecule has 0 aliphatic carbocycles. The van der Waals surface area contributed by atoms with E-state index in [0.717, 1.165) is 32.5 Å². The van der Waals surface area contributed by atoms with Gasteiger partial charge in [0.1, 0.15) is 5.75 Å². The molecular weight excluding hydrogens is 451 g/mol. The lowest BCUT2D eigenvalue weighted by molar-refractivity contribution is 0.0000189. The molecule has 4 saturated heterocycles. The minimum Gasteiger partial charge on any atom is -0.496 e. The van der Waals surface area contributed by atoms with Gasteiger partial charge in [-0.1, -0.05) is 11.6 Å². The highest BCUT2D eigenvalue weighted by atomic mass is 35.5. The first kappa shape index (κ1) is 27.1. The van der Waals surface area contributed by atoms with E-state index in [1.54, 1.807) is 19.2 Å². The van der Waals surface area contributed by atoms with Crippen LogP contribution in [0.15, 0.2) is 12.1 Å². The van der Waals surface area contributed by atoms with Gasteiger partial charge >= 0.3 is 0 Å². The van der Waals surface area contributed by atoms with Crippen LogP contribution in [0.2, 0.25) is 5.02 Å². The van der Waals surface area contributed by atoms with Gasteiger partial charge in [-0.25, -0.2) is 0 Å². The van der Waals surface area contributed by atoms with Gasteiger partial charge in [0.05, 0.1) is 23.4 Å². The summed E-state index contributed by atoms with van der Waals surface area (Å²) in [6.45, 7) is 5.69. The second-order valence-electron chi connectivity index (χ2n) is 8.02. The van der Waals surface area contributed by atoms with Crippen LogP contribution >= 0.6 is 36.4 Å². The molecule has 1 aromatic rings. The van der Waals surface area contributed by atoms with E-state index in [4.69, 9.17) is 22.1 Å². The number of methoxy groups -OCH3 is 1. The first-order chi connectivity index (χ1) is 13.1. The average molecular weight is 484 g/mol.